The van der Waals surface area contributed by atoms with E-state index in [2.05, 4.69) is 54.0 Å². The predicted molar refractivity (Wildman–Crippen MR) is 93.4 cm³/mol. The number of rotatable bonds is 2. The van der Waals surface area contributed by atoms with Crippen molar-refractivity contribution in [3.63, 3.8) is 0 Å². The van der Waals surface area contributed by atoms with Gasteiger partial charge >= 0.3 is 0 Å². The summed E-state index contributed by atoms with van der Waals surface area (Å²) in [6, 6.07) is 25.6. The number of aryl methyl sites for hydroxylation is 1. The molecule has 112 valence electrons. The van der Waals surface area contributed by atoms with Crippen molar-refractivity contribution in [2.45, 2.75) is 6.92 Å². The van der Waals surface area contributed by atoms with Crippen molar-refractivity contribution in [1.82, 2.24) is 4.57 Å². The Hall–Kier alpha value is -2.87. The molecule has 4 aromatic rings. The fraction of sp³-hybridized carbons (Fsp3) is 0.0476. The van der Waals surface area contributed by atoms with Gasteiger partial charge in [-0.05, 0) is 61.0 Å². The van der Waals surface area contributed by atoms with Crippen LogP contribution < -0.4 is 0 Å². The van der Waals surface area contributed by atoms with E-state index in [9.17, 15) is 4.39 Å². The van der Waals surface area contributed by atoms with Crippen LogP contribution in [-0.4, -0.2) is 4.57 Å². The smallest absolute Gasteiger partial charge is 0.123 e. The van der Waals surface area contributed by atoms with Crippen molar-refractivity contribution in [3.8, 4) is 16.9 Å². The van der Waals surface area contributed by atoms with Gasteiger partial charge in [-0.25, -0.2) is 4.39 Å². The highest BCUT2D eigenvalue weighted by Gasteiger charge is 2.12. The number of hydrogen-bond acceptors (Lipinski definition) is 0. The average molecular weight is 301 g/mol. The lowest BCUT2D eigenvalue weighted by Crippen LogP contribution is -1.96. The maximum atomic E-state index is 13.3. The normalized spacial score (nSPS) is 11.0. The van der Waals surface area contributed by atoms with Crippen molar-refractivity contribution in [3.05, 3.63) is 90.2 Å². The minimum atomic E-state index is -0.216. The van der Waals surface area contributed by atoms with Crippen LogP contribution in [0.5, 0.6) is 0 Å². The molecule has 0 aliphatic rings. The fourth-order valence-corrected chi connectivity index (χ4v) is 2.96. The summed E-state index contributed by atoms with van der Waals surface area (Å²) in [7, 11) is 0. The molecule has 23 heavy (non-hydrogen) atoms. The van der Waals surface area contributed by atoms with Gasteiger partial charge in [0.2, 0.25) is 0 Å². The summed E-state index contributed by atoms with van der Waals surface area (Å²) in [4.78, 5) is 0. The fourth-order valence-electron chi connectivity index (χ4n) is 2.96. The first-order valence-corrected chi connectivity index (χ1v) is 7.66. The Morgan fingerprint density at radius 1 is 0.783 bits per heavy atom. The molecule has 0 N–H and O–H groups in total. The second-order valence-electron chi connectivity index (χ2n) is 5.77. The Morgan fingerprint density at radius 2 is 1.48 bits per heavy atom. The van der Waals surface area contributed by atoms with Gasteiger partial charge in [0.05, 0.1) is 11.2 Å². The average Bonchev–Trinajstić information content (AvgIpc) is 2.96. The highest BCUT2D eigenvalue weighted by Crippen LogP contribution is 2.31. The largest absolute Gasteiger partial charge is 0.309 e. The Kier molecular flexibility index (Phi) is 3.23. The summed E-state index contributed by atoms with van der Waals surface area (Å²) in [5, 5.41) is 1.17. The number of benzene rings is 3. The van der Waals surface area contributed by atoms with Gasteiger partial charge in [-0.3, -0.25) is 0 Å². The van der Waals surface area contributed by atoms with Crippen LogP contribution in [0.1, 0.15) is 5.56 Å². The molecule has 0 aliphatic carbocycles. The Morgan fingerprint density at radius 3 is 2.22 bits per heavy atom. The first-order chi connectivity index (χ1) is 11.2. The zero-order valence-corrected chi connectivity index (χ0v) is 12.8. The van der Waals surface area contributed by atoms with E-state index in [1.807, 2.05) is 24.3 Å². The van der Waals surface area contributed by atoms with Gasteiger partial charge in [-0.1, -0.05) is 35.9 Å². The van der Waals surface area contributed by atoms with Crippen molar-refractivity contribution in [1.29, 1.82) is 0 Å². The highest BCUT2D eigenvalue weighted by atomic mass is 19.1. The molecule has 4 rings (SSSR count). The number of nitrogens with zero attached hydrogens (tertiary/aromatic N) is 1. The minimum absolute atomic E-state index is 0.216. The minimum Gasteiger partial charge on any atom is -0.309 e. The van der Waals surface area contributed by atoms with E-state index in [-0.39, 0.29) is 5.82 Å². The number of hydrogen-bond donors (Lipinski definition) is 0. The third kappa shape index (κ3) is 2.42. The van der Waals surface area contributed by atoms with Gasteiger partial charge in [0, 0.05) is 11.1 Å². The van der Waals surface area contributed by atoms with E-state index in [1.165, 1.54) is 23.1 Å². The molecule has 1 heterocycles. The Balaban J connectivity index is 2.01. The molecule has 0 saturated carbocycles. The van der Waals surface area contributed by atoms with E-state index in [0.717, 1.165) is 22.5 Å². The standard InChI is InChI=1S/C21H16FN/c1-15-6-12-19(13-7-15)23-20-5-3-2-4-17(20)14-21(23)16-8-10-18(22)11-9-16/h2-14H,1H3. The lowest BCUT2D eigenvalue weighted by molar-refractivity contribution is 0.628. The monoisotopic (exact) mass is 301 g/mol. The van der Waals surface area contributed by atoms with E-state index < -0.39 is 0 Å². The zero-order valence-electron chi connectivity index (χ0n) is 12.8. The van der Waals surface area contributed by atoms with Crippen LogP contribution in [0.15, 0.2) is 78.9 Å². The van der Waals surface area contributed by atoms with E-state index in [4.69, 9.17) is 0 Å². The molecule has 0 amide bonds. The molecule has 0 bridgehead atoms. The summed E-state index contributed by atoms with van der Waals surface area (Å²) in [5.74, 6) is -0.216. The van der Waals surface area contributed by atoms with E-state index >= 15 is 0 Å². The molecular formula is C21H16FN. The van der Waals surface area contributed by atoms with Crippen molar-refractivity contribution in [2.75, 3.05) is 0 Å². The lowest BCUT2D eigenvalue weighted by Gasteiger charge is -2.11. The molecule has 1 aromatic heterocycles. The van der Waals surface area contributed by atoms with Crippen LogP contribution in [0.25, 0.3) is 27.8 Å². The third-order valence-corrected chi connectivity index (χ3v) is 4.14. The molecule has 3 aromatic carbocycles. The second kappa shape index (κ2) is 5.40. The first kappa shape index (κ1) is 13.8. The van der Waals surface area contributed by atoms with Crippen LogP contribution >= 0.6 is 0 Å². The van der Waals surface area contributed by atoms with Crippen LogP contribution in [-0.2, 0) is 0 Å². The topological polar surface area (TPSA) is 4.93 Å². The SMILES string of the molecule is Cc1ccc(-n2c(-c3ccc(F)cc3)cc3ccccc32)cc1. The van der Waals surface area contributed by atoms with Gasteiger partial charge in [0.15, 0.2) is 0 Å². The molecule has 0 spiro atoms. The maximum absolute atomic E-state index is 13.3. The van der Waals surface area contributed by atoms with Gasteiger partial charge in [0.1, 0.15) is 5.82 Å². The molecule has 1 nitrogen and oxygen atoms in total. The molecular weight excluding hydrogens is 285 g/mol. The molecule has 0 radical (unpaired) electrons. The molecule has 0 fully saturated rings. The molecule has 0 aliphatic heterocycles. The van der Waals surface area contributed by atoms with Gasteiger partial charge in [0.25, 0.3) is 0 Å². The number of para-hydroxylation sites is 1. The number of aromatic nitrogens is 1. The summed E-state index contributed by atoms with van der Waals surface area (Å²) in [6.07, 6.45) is 0. The summed E-state index contributed by atoms with van der Waals surface area (Å²) < 4.78 is 15.5. The molecule has 0 atom stereocenters. The number of fused-ring (bicyclic) bond motifs is 1. The lowest BCUT2D eigenvalue weighted by atomic mass is 10.1. The zero-order chi connectivity index (χ0) is 15.8. The van der Waals surface area contributed by atoms with Gasteiger partial charge < -0.3 is 4.57 Å². The molecule has 0 unspecified atom stereocenters. The predicted octanol–water partition coefficient (Wildman–Crippen LogP) is 5.75. The van der Waals surface area contributed by atoms with Crippen LogP contribution in [0, 0.1) is 12.7 Å². The van der Waals surface area contributed by atoms with Crippen LogP contribution in [0.4, 0.5) is 4.39 Å². The van der Waals surface area contributed by atoms with Crippen LogP contribution in [0.2, 0.25) is 0 Å². The molecule has 2 heteroatoms. The Bertz CT molecular complexity index is 963. The van der Waals surface area contributed by atoms with Gasteiger partial charge in [-0.15, -0.1) is 0 Å². The van der Waals surface area contributed by atoms with Crippen molar-refractivity contribution < 1.29 is 4.39 Å². The van der Waals surface area contributed by atoms with E-state index in [0.29, 0.717) is 0 Å². The maximum Gasteiger partial charge on any atom is 0.123 e. The summed E-state index contributed by atoms with van der Waals surface area (Å²) in [6.45, 7) is 2.08. The second-order valence-corrected chi connectivity index (χ2v) is 5.77. The quantitative estimate of drug-likeness (QED) is 0.444. The van der Waals surface area contributed by atoms with Crippen molar-refractivity contribution >= 4 is 10.9 Å². The Labute approximate surface area is 134 Å². The molecule has 0 saturated heterocycles. The van der Waals surface area contributed by atoms with E-state index in [1.54, 1.807) is 0 Å². The number of halogens is 1. The van der Waals surface area contributed by atoms with Crippen molar-refractivity contribution in [2.24, 2.45) is 0 Å². The van der Waals surface area contributed by atoms with Gasteiger partial charge in [-0.2, -0.15) is 0 Å². The third-order valence-electron chi connectivity index (χ3n) is 4.14. The highest BCUT2D eigenvalue weighted by molar-refractivity contribution is 5.89. The van der Waals surface area contributed by atoms with Crippen LogP contribution in [0.3, 0.4) is 0 Å². The summed E-state index contributed by atoms with van der Waals surface area (Å²) in [5.41, 5.74) is 5.55. The summed E-state index contributed by atoms with van der Waals surface area (Å²) >= 11 is 0. The first-order valence-electron chi connectivity index (χ1n) is 7.66.